The first kappa shape index (κ1) is 36.8. The van der Waals surface area contributed by atoms with Crippen molar-refractivity contribution in [2.45, 2.75) is 118 Å². The standard InChI is InChI=1S/C32H43Cl2N5O7/c1-19(12-11-13-23(40)44-30(2,3)4)43-22-15-14-21(33)24(34)20(22)16-38-18-37-25-26(38)35-17-36-27(25)39(28(41)45-31(5,6)7)29(42)46-32(8,9)10/h14-15,17-19H,11-13,16H2,1-10H3. The zero-order valence-corrected chi connectivity index (χ0v) is 29.6. The van der Waals surface area contributed by atoms with Gasteiger partial charge in [0.1, 0.15) is 28.9 Å². The molecule has 1 unspecified atom stereocenters. The number of halogens is 2. The first-order valence-electron chi connectivity index (χ1n) is 14.9. The highest BCUT2D eigenvalue weighted by Gasteiger charge is 2.35. The van der Waals surface area contributed by atoms with Gasteiger partial charge in [0, 0.05) is 12.0 Å². The van der Waals surface area contributed by atoms with E-state index in [0.29, 0.717) is 39.7 Å². The molecule has 46 heavy (non-hydrogen) atoms. The molecule has 0 aliphatic carbocycles. The van der Waals surface area contributed by atoms with Crippen molar-refractivity contribution in [2.75, 3.05) is 4.90 Å². The largest absolute Gasteiger partial charge is 0.490 e. The SMILES string of the molecule is CC(CCCC(=O)OC(C)(C)C)Oc1ccc(Cl)c(Cl)c1Cn1cnc2c(N(C(=O)OC(C)(C)C)C(=O)OC(C)(C)C)ncnc21. The Morgan fingerprint density at radius 1 is 0.870 bits per heavy atom. The Hall–Kier alpha value is -3.64. The molecule has 12 nitrogen and oxygen atoms in total. The third-order valence-electron chi connectivity index (χ3n) is 5.97. The fraction of sp³-hybridized carbons (Fsp3) is 0.562. The molecule has 0 N–H and O–H groups in total. The van der Waals surface area contributed by atoms with E-state index in [4.69, 9.17) is 42.1 Å². The molecule has 252 valence electrons. The minimum atomic E-state index is -0.981. The number of ether oxygens (including phenoxy) is 4. The summed E-state index contributed by atoms with van der Waals surface area (Å²) in [6, 6.07) is 3.36. The van der Waals surface area contributed by atoms with Crippen molar-refractivity contribution in [1.82, 2.24) is 19.5 Å². The molecule has 3 rings (SSSR count). The van der Waals surface area contributed by atoms with E-state index in [9.17, 15) is 14.4 Å². The Bertz CT molecular complexity index is 1540. The second-order valence-electron chi connectivity index (χ2n) is 13.8. The number of aromatic nitrogens is 4. The molecule has 1 atom stereocenters. The predicted octanol–water partition coefficient (Wildman–Crippen LogP) is 8.14. The maximum atomic E-state index is 13.3. The Balaban J connectivity index is 1.92. The number of hydrogen-bond acceptors (Lipinski definition) is 10. The van der Waals surface area contributed by atoms with Gasteiger partial charge in [0.25, 0.3) is 0 Å². The molecule has 0 saturated carbocycles. The van der Waals surface area contributed by atoms with E-state index in [2.05, 4.69) is 15.0 Å². The lowest BCUT2D eigenvalue weighted by molar-refractivity contribution is -0.155. The topological polar surface area (TPSA) is 135 Å². The van der Waals surface area contributed by atoms with Gasteiger partial charge in [-0.05, 0) is 94.2 Å². The minimum absolute atomic E-state index is 0.112. The summed E-state index contributed by atoms with van der Waals surface area (Å²) in [7, 11) is 0. The first-order valence-corrected chi connectivity index (χ1v) is 15.7. The van der Waals surface area contributed by atoms with Crippen LogP contribution in [0, 0.1) is 0 Å². The van der Waals surface area contributed by atoms with Crippen molar-refractivity contribution in [3.8, 4) is 5.75 Å². The van der Waals surface area contributed by atoms with E-state index in [1.807, 2.05) is 27.7 Å². The van der Waals surface area contributed by atoms with Crippen molar-refractivity contribution in [2.24, 2.45) is 0 Å². The maximum absolute atomic E-state index is 13.3. The fourth-order valence-corrected chi connectivity index (χ4v) is 4.61. The van der Waals surface area contributed by atoms with Crippen LogP contribution in [0.3, 0.4) is 0 Å². The van der Waals surface area contributed by atoms with Crippen molar-refractivity contribution in [1.29, 1.82) is 0 Å². The molecule has 3 aromatic rings. The van der Waals surface area contributed by atoms with Gasteiger partial charge in [0.05, 0.1) is 29.0 Å². The molecule has 0 aliphatic rings. The van der Waals surface area contributed by atoms with Gasteiger partial charge in [-0.3, -0.25) is 4.79 Å². The number of benzene rings is 1. The van der Waals surface area contributed by atoms with Gasteiger partial charge < -0.3 is 23.5 Å². The van der Waals surface area contributed by atoms with E-state index in [0.717, 1.165) is 0 Å². The second kappa shape index (κ2) is 14.4. The van der Waals surface area contributed by atoms with Crippen LogP contribution in [-0.4, -0.2) is 60.6 Å². The zero-order valence-electron chi connectivity index (χ0n) is 28.1. The smallest absolute Gasteiger partial charge is 0.425 e. The summed E-state index contributed by atoms with van der Waals surface area (Å²) in [6.45, 7) is 17.6. The summed E-state index contributed by atoms with van der Waals surface area (Å²) in [5.41, 5.74) is -1.35. The van der Waals surface area contributed by atoms with Crippen LogP contribution >= 0.6 is 23.2 Å². The second-order valence-corrected chi connectivity index (χ2v) is 14.6. The van der Waals surface area contributed by atoms with Gasteiger partial charge in [0.2, 0.25) is 0 Å². The molecule has 2 heterocycles. The Morgan fingerprint density at radius 2 is 1.46 bits per heavy atom. The maximum Gasteiger partial charge on any atom is 0.425 e. The molecule has 0 bridgehead atoms. The number of hydrogen-bond donors (Lipinski definition) is 0. The molecule has 0 saturated heterocycles. The number of carbonyl (C=O) groups is 3. The molecule has 0 fully saturated rings. The summed E-state index contributed by atoms with van der Waals surface area (Å²) in [6.07, 6.45) is 1.90. The number of carbonyl (C=O) groups excluding carboxylic acids is 3. The van der Waals surface area contributed by atoms with Gasteiger partial charge in [0.15, 0.2) is 17.0 Å². The summed E-state index contributed by atoms with van der Waals surface area (Å²) < 4.78 is 24.3. The quantitative estimate of drug-likeness (QED) is 0.161. The summed E-state index contributed by atoms with van der Waals surface area (Å²) in [5.74, 6) is 0.110. The van der Waals surface area contributed by atoms with Crippen LogP contribution in [0.5, 0.6) is 5.75 Å². The van der Waals surface area contributed by atoms with Gasteiger partial charge >= 0.3 is 18.2 Å². The lowest BCUT2D eigenvalue weighted by Crippen LogP contribution is -2.44. The number of imidazole rings is 1. The average molecular weight is 681 g/mol. The zero-order chi connectivity index (χ0) is 34.6. The number of nitrogens with zero attached hydrogens (tertiary/aromatic N) is 5. The summed E-state index contributed by atoms with van der Waals surface area (Å²) in [4.78, 5) is 52.4. The molecule has 0 radical (unpaired) electrons. The monoisotopic (exact) mass is 679 g/mol. The van der Waals surface area contributed by atoms with Crippen LogP contribution in [0.2, 0.25) is 10.0 Å². The normalized spacial score (nSPS) is 12.9. The van der Waals surface area contributed by atoms with Gasteiger partial charge in [-0.15, -0.1) is 0 Å². The van der Waals surface area contributed by atoms with Crippen LogP contribution in [-0.2, 0) is 25.5 Å². The highest BCUT2D eigenvalue weighted by atomic mass is 35.5. The molecule has 0 aliphatic heterocycles. The lowest BCUT2D eigenvalue weighted by Gasteiger charge is -2.28. The van der Waals surface area contributed by atoms with Crippen LogP contribution in [0.1, 0.15) is 94.1 Å². The predicted molar refractivity (Wildman–Crippen MR) is 176 cm³/mol. The molecule has 2 aromatic heterocycles. The summed E-state index contributed by atoms with van der Waals surface area (Å²) in [5, 5.41) is 0.600. The highest BCUT2D eigenvalue weighted by Crippen LogP contribution is 2.35. The van der Waals surface area contributed by atoms with Crippen molar-refractivity contribution < 1.29 is 33.3 Å². The van der Waals surface area contributed by atoms with Crippen LogP contribution in [0.25, 0.3) is 11.2 Å². The third kappa shape index (κ3) is 10.4. The van der Waals surface area contributed by atoms with Crippen LogP contribution in [0.4, 0.5) is 15.4 Å². The molecular weight excluding hydrogens is 637 g/mol. The molecule has 14 heteroatoms. The van der Waals surface area contributed by atoms with E-state index >= 15 is 0 Å². The van der Waals surface area contributed by atoms with Crippen molar-refractivity contribution in [3.63, 3.8) is 0 Å². The Kier molecular flexibility index (Phi) is 11.5. The number of fused-ring (bicyclic) bond motifs is 1. The lowest BCUT2D eigenvalue weighted by atomic mass is 10.1. The molecule has 1 aromatic carbocycles. The van der Waals surface area contributed by atoms with E-state index in [-0.39, 0.29) is 41.4 Å². The van der Waals surface area contributed by atoms with Gasteiger partial charge in [-0.1, -0.05) is 23.2 Å². The van der Waals surface area contributed by atoms with E-state index in [1.54, 1.807) is 58.2 Å². The minimum Gasteiger partial charge on any atom is -0.490 e. The van der Waals surface area contributed by atoms with E-state index < -0.39 is 29.0 Å². The highest BCUT2D eigenvalue weighted by molar-refractivity contribution is 6.42. The Morgan fingerprint density at radius 3 is 2.02 bits per heavy atom. The summed E-state index contributed by atoms with van der Waals surface area (Å²) >= 11 is 13.1. The number of amides is 2. The van der Waals surface area contributed by atoms with Crippen molar-refractivity contribution >= 4 is 58.3 Å². The van der Waals surface area contributed by atoms with Crippen LogP contribution < -0.4 is 9.64 Å². The average Bonchev–Trinajstić information content (AvgIpc) is 3.29. The molecule has 0 spiro atoms. The number of anilines is 1. The fourth-order valence-electron chi connectivity index (χ4n) is 4.22. The van der Waals surface area contributed by atoms with Crippen molar-refractivity contribution in [3.05, 3.63) is 40.4 Å². The van der Waals surface area contributed by atoms with Gasteiger partial charge in [-0.25, -0.2) is 24.5 Å². The first-order chi connectivity index (χ1) is 21.1. The van der Waals surface area contributed by atoms with Gasteiger partial charge in [-0.2, -0.15) is 4.90 Å². The van der Waals surface area contributed by atoms with Crippen LogP contribution in [0.15, 0.2) is 24.8 Å². The number of imide groups is 1. The molecule has 2 amide bonds. The number of esters is 1. The third-order valence-corrected chi connectivity index (χ3v) is 6.81. The number of rotatable bonds is 9. The molecular formula is C32H43Cl2N5O7. The Labute approximate surface area is 279 Å². The van der Waals surface area contributed by atoms with E-state index in [1.165, 1.54) is 12.7 Å².